The van der Waals surface area contributed by atoms with E-state index >= 15 is 0 Å². The third kappa shape index (κ3) is 1.03. The van der Waals surface area contributed by atoms with Gasteiger partial charge in [-0.2, -0.15) is 0 Å². The largest absolute Gasteiger partial charge is 0.348 e. The van der Waals surface area contributed by atoms with Crippen molar-refractivity contribution in [3.8, 4) is 0 Å². The first-order valence-corrected chi connectivity index (χ1v) is 4.27. The lowest BCUT2D eigenvalue weighted by Gasteiger charge is -2.12. The third-order valence-corrected chi connectivity index (χ3v) is 2.96. The number of halogens is 1. The van der Waals surface area contributed by atoms with Crippen LogP contribution < -0.4 is 8.43 Å². The Morgan fingerprint density at radius 3 is 3.27 bits per heavy atom. The number of aromatic nitrogens is 2. The topological polar surface area (TPSA) is 41.1 Å². The van der Waals surface area contributed by atoms with Crippen molar-refractivity contribution in [1.29, 1.82) is 0 Å². The molecule has 0 saturated heterocycles. The Bertz CT molecular complexity index is 277. The summed E-state index contributed by atoms with van der Waals surface area (Å²) >= 11 is 2.24. The maximum atomic E-state index is 4.09. The van der Waals surface area contributed by atoms with Gasteiger partial charge in [0.05, 0.1) is 29.1 Å². The van der Waals surface area contributed by atoms with Gasteiger partial charge in [-0.3, -0.25) is 3.11 Å². The van der Waals surface area contributed by atoms with Gasteiger partial charge in [0.15, 0.2) is 5.82 Å². The van der Waals surface area contributed by atoms with E-state index < -0.39 is 0 Å². The molecule has 1 aliphatic heterocycles. The normalized spacial score (nSPS) is 21.3. The van der Waals surface area contributed by atoms with Crippen molar-refractivity contribution in [2.24, 2.45) is 0 Å². The highest BCUT2D eigenvalue weighted by molar-refractivity contribution is 14.1. The lowest BCUT2D eigenvalue weighted by atomic mass is 10.5. The smallest absolute Gasteiger partial charge is 0.155 e. The van der Waals surface area contributed by atoms with Crippen LogP contribution in [0.5, 0.6) is 0 Å². The highest BCUT2D eigenvalue weighted by atomic mass is 127. The number of hydrogen-bond donors (Lipinski definition) is 1. The molecule has 1 aliphatic rings. The van der Waals surface area contributed by atoms with Gasteiger partial charge in [-0.25, -0.2) is 9.97 Å². The fourth-order valence-corrected chi connectivity index (χ4v) is 1.55. The van der Waals surface area contributed by atoms with Crippen LogP contribution in [0.2, 0.25) is 0 Å². The molecule has 5 heteroatoms. The van der Waals surface area contributed by atoms with E-state index in [0.717, 1.165) is 11.5 Å². The molecule has 0 saturated carbocycles. The zero-order chi connectivity index (χ0) is 7.84. The van der Waals surface area contributed by atoms with Gasteiger partial charge >= 0.3 is 0 Å². The molecule has 11 heavy (non-hydrogen) atoms. The maximum absolute atomic E-state index is 4.09. The second kappa shape index (κ2) is 2.47. The van der Waals surface area contributed by atoms with Gasteiger partial charge in [0.25, 0.3) is 0 Å². The molecule has 0 spiro atoms. The number of rotatable bonds is 0. The quantitative estimate of drug-likeness (QED) is 0.567. The minimum atomic E-state index is 0.308. The van der Waals surface area contributed by atoms with E-state index in [9.17, 15) is 0 Å². The van der Waals surface area contributed by atoms with Crippen molar-refractivity contribution in [2.45, 2.75) is 13.1 Å². The van der Waals surface area contributed by atoms with E-state index in [4.69, 9.17) is 0 Å². The molecule has 2 heterocycles. The Morgan fingerprint density at radius 1 is 1.73 bits per heavy atom. The molecule has 0 fully saturated rings. The van der Waals surface area contributed by atoms with Crippen molar-refractivity contribution in [2.75, 3.05) is 8.43 Å². The van der Waals surface area contributed by atoms with Gasteiger partial charge in [-0.1, -0.05) is 0 Å². The second-order valence-corrected chi connectivity index (χ2v) is 3.43. The number of fused-ring (bicyclic) bond motifs is 1. The monoisotopic (exact) mass is 262 g/mol. The lowest BCUT2D eigenvalue weighted by Crippen LogP contribution is -2.22. The van der Waals surface area contributed by atoms with Crippen LogP contribution in [0.1, 0.15) is 6.92 Å². The number of hydrogen-bond acceptors (Lipinski definition) is 4. The lowest BCUT2D eigenvalue weighted by molar-refractivity contribution is 0.908. The predicted octanol–water partition coefficient (Wildman–Crippen LogP) is 1.40. The molecule has 1 atom stereocenters. The molecule has 2 rings (SSSR count). The number of nitrogens with zero attached hydrogens (tertiary/aromatic N) is 3. The summed E-state index contributed by atoms with van der Waals surface area (Å²) in [7, 11) is 0. The summed E-state index contributed by atoms with van der Waals surface area (Å²) in [6, 6.07) is 0. The van der Waals surface area contributed by atoms with E-state index in [1.54, 1.807) is 6.33 Å². The standard InChI is InChI=1S/C6H7IN4/c1-4-10-6-5(11(4)7)2-8-3-9-6/h2-4H,1H3,(H,8,9,10). The fourth-order valence-electron chi connectivity index (χ4n) is 1.05. The maximum Gasteiger partial charge on any atom is 0.155 e. The van der Waals surface area contributed by atoms with E-state index in [2.05, 4.69) is 48.2 Å². The van der Waals surface area contributed by atoms with Crippen LogP contribution in [0.3, 0.4) is 0 Å². The van der Waals surface area contributed by atoms with Crippen LogP contribution >= 0.6 is 22.9 Å². The van der Waals surface area contributed by atoms with E-state index in [0.29, 0.717) is 6.17 Å². The highest BCUT2D eigenvalue weighted by Gasteiger charge is 2.23. The molecule has 0 aromatic carbocycles. The van der Waals surface area contributed by atoms with Crippen molar-refractivity contribution in [3.63, 3.8) is 0 Å². The third-order valence-electron chi connectivity index (χ3n) is 1.61. The average Bonchev–Trinajstić information content (AvgIpc) is 2.30. The number of nitrogens with one attached hydrogen (secondary N) is 1. The van der Waals surface area contributed by atoms with Crippen molar-refractivity contribution >= 4 is 34.4 Å². The average molecular weight is 262 g/mol. The van der Waals surface area contributed by atoms with E-state index in [1.165, 1.54) is 0 Å². The summed E-state index contributed by atoms with van der Waals surface area (Å²) in [4.78, 5) is 8.04. The Hall–Kier alpha value is -0.590. The summed E-state index contributed by atoms with van der Waals surface area (Å²) < 4.78 is 2.08. The molecule has 1 N–H and O–H groups in total. The Kier molecular flexibility index (Phi) is 1.59. The van der Waals surface area contributed by atoms with E-state index in [1.807, 2.05) is 6.20 Å². The zero-order valence-electron chi connectivity index (χ0n) is 5.95. The van der Waals surface area contributed by atoms with Gasteiger partial charge in [0, 0.05) is 0 Å². The summed E-state index contributed by atoms with van der Waals surface area (Å²) in [5.74, 6) is 0.918. The van der Waals surface area contributed by atoms with Crippen LogP contribution in [-0.2, 0) is 0 Å². The van der Waals surface area contributed by atoms with Gasteiger partial charge < -0.3 is 5.32 Å². The molecule has 0 amide bonds. The van der Waals surface area contributed by atoms with Crippen molar-refractivity contribution in [3.05, 3.63) is 12.5 Å². The molecule has 0 aliphatic carbocycles. The second-order valence-electron chi connectivity index (χ2n) is 2.39. The molecule has 0 radical (unpaired) electrons. The molecule has 0 bridgehead atoms. The highest BCUT2D eigenvalue weighted by Crippen LogP contribution is 2.33. The van der Waals surface area contributed by atoms with E-state index in [-0.39, 0.29) is 0 Å². The number of anilines is 2. The molecular weight excluding hydrogens is 255 g/mol. The molecule has 1 unspecified atom stereocenters. The van der Waals surface area contributed by atoms with Crippen molar-refractivity contribution < 1.29 is 0 Å². The molecular formula is C6H7IN4. The summed E-state index contributed by atoms with van der Waals surface area (Å²) in [5, 5.41) is 3.21. The predicted molar refractivity (Wildman–Crippen MR) is 51.6 cm³/mol. The minimum Gasteiger partial charge on any atom is -0.348 e. The van der Waals surface area contributed by atoms with Crippen LogP contribution in [0.25, 0.3) is 0 Å². The van der Waals surface area contributed by atoms with Gasteiger partial charge in [0.1, 0.15) is 18.2 Å². The first-order chi connectivity index (χ1) is 5.29. The first-order valence-electron chi connectivity index (χ1n) is 3.30. The Morgan fingerprint density at radius 2 is 2.55 bits per heavy atom. The minimum absolute atomic E-state index is 0.308. The molecule has 4 nitrogen and oxygen atoms in total. The van der Waals surface area contributed by atoms with Crippen molar-refractivity contribution in [1.82, 2.24) is 9.97 Å². The molecule has 1 aromatic rings. The van der Waals surface area contributed by atoms with Crippen LogP contribution in [0.4, 0.5) is 11.5 Å². The molecule has 58 valence electrons. The molecule has 1 aromatic heterocycles. The van der Waals surface area contributed by atoms with Crippen LogP contribution in [0.15, 0.2) is 12.5 Å². The van der Waals surface area contributed by atoms with Crippen LogP contribution in [0, 0.1) is 0 Å². The first kappa shape index (κ1) is 7.08. The summed E-state index contributed by atoms with van der Waals surface area (Å²) in [5.41, 5.74) is 1.06. The Labute approximate surface area is 78.5 Å². The SMILES string of the molecule is CC1Nc2ncncc2N1I. The van der Waals surface area contributed by atoms with Gasteiger partial charge in [0.2, 0.25) is 0 Å². The summed E-state index contributed by atoms with van der Waals surface area (Å²) in [6.07, 6.45) is 3.67. The van der Waals surface area contributed by atoms with Gasteiger partial charge in [-0.15, -0.1) is 0 Å². The van der Waals surface area contributed by atoms with Crippen LogP contribution in [-0.4, -0.2) is 16.1 Å². The fraction of sp³-hybridized carbons (Fsp3) is 0.333. The summed E-state index contributed by atoms with van der Waals surface area (Å²) in [6.45, 7) is 2.08. The zero-order valence-corrected chi connectivity index (χ0v) is 8.11. The Balaban J connectivity index is 2.47. The van der Waals surface area contributed by atoms with Gasteiger partial charge in [-0.05, 0) is 6.92 Å².